The molecule has 0 saturated heterocycles. The summed E-state index contributed by atoms with van der Waals surface area (Å²) >= 11 is 5.91. The lowest BCUT2D eigenvalue weighted by Crippen LogP contribution is -2.10. The van der Waals surface area contributed by atoms with Crippen molar-refractivity contribution in [1.82, 2.24) is 4.98 Å². The summed E-state index contributed by atoms with van der Waals surface area (Å²) in [6.07, 6.45) is 2.34. The van der Waals surface area contributed by atoms with E-state index in [9.17, 15) is 0 Å². The van der Waals surface area contributed by atoms with E-state index in [-0.39, 0.29) is 0 Å². The monoisotopic (exact) mass is 242 g/mol. The average molecular weight is 243 g/mol. The van der Waals surface area contributed by atoms with Gasteiger partial charge in [0.25, 0.3) is 0 Å². The molecule has 2 N–H and O–H groups in total. The van der Waals surface area contributed by atoms with E-state index in [0.29, 0.717) is 35.7 Å². The van der Waals surface area contributed by atoms with Crippen LogP contribution >= 0.6 is 11.6 Å². The molecule has 0 aliphatic carbocycles. The molecular formula is C12H19ClN2O. The lowest BCUT2D eigenvalue weighted by Gasteiger charge is -2.12. The van der Waals surface area contributed by atoms with Crippen LogP contribution in [0.25, 0.3) is 0 Å². The summed E-state index contributed by atoms with van der Waals surface area (Å²) in [6, 6.07) is 3.55. The van der Waals surface area contributed by atoms with E-state index in [1.54, 1.807) is 12.1 Å². The Hall–Kier alpha value is -0.800. The molecule has 1 atom stereocenters. The molecule has 3 nitrogen and oxygen atoms in total. The molecule has 0 fully saturated rings. The molecule has 0 bridgehead atoms. The molecule has 0 radical (unpaired) electrons. The van der Waals surface area contributed by atoms with Crippen LogP contribution in [0.2, 0.25) is 5.02 Å². The van der Waals surface area contributed by atoms with Gasteiger partial charge in [-0.3, -0.25) is 0 Å². The van der Waals surface area contributed by atoms with E-state index in [4.69, 9.17) is 22.1 Å². The van der Waals surface area contributed by atoms with Crippen molar-refractivity contribution in [3.63, 3.8) is 0 Å². The maximum Gasteiger partial charge on any atom is 0.213 e. The van der Waals surface area contributed by atoms with Crippen LogP contribution in [-0.4, -0.2) is 11.6 Å². The third-order valence-corrected chi connectivity index (χ3v) is 2.73. The predicted molar refractivity (Wildman–Crippen MR) is 66.7 cm³/mol. The summed E-state index contributed by atoms with van der Waals surface area (Å²) in [7, 11) is 0. The minimum absolute atomic E-state index is 0.334. The van der Waals surface area contributed by atoms with Crippen molar-refractivity contribution in [2.24, 2.45) is 11.7 Å². The van der Waals surface area contributed by atoms with Crippen LogP contribution < -0.4 is 10.5 Å². The fourth-order valence-electron chi connectivity index (χ4n) is 1.49. The zero-order valence-corrected chi connectivity index (χ0v) is 10.6. The van der Waals surface area contributed by atoms with Gasteiger partial charge in [-0.1, -0.05) is 31.9 Å². The van der Waals surface area contributed by atoms with Crippen molar-refractivity contribution in [3.8, 4) is 5.88 Å². The Kier molecular flexibility index (Phi) is 5.56. The Bertz CT molecular complexity index is 331. The third kappa shape index (κ3) is 3.99. The van der Waals surface area contributed by atoms with E-state index >= 15 is 0 Å². The average Bonchev–Trinajstić information content (AvgIpc) is 2.28. The molecule has 0 saturated carbocycles. The van der Waals surface area contributed by atoms with Gasteiger partial charge in [0.2, 0.25) is 5.88 Å². The van der Waals surface area contributed by atoms with E-state index in [0.717, 1.165) is 6.42 Å². The molecule has 1 heterocycles. The summed E-state index contributed by atoms with van der Waals surface area (Å²) in [4.78, 5) is 4.24. The minimum Gasteiger partial charge on any atom is -0.477 e. The molecule has 0 aliphatic rings. The molecular weight excluding hydrogens is 224 g/mol. The molecule has 1 aromatic rings. The van der Waals surface area contributed by atoms with Gasteiger partial charge in [0.05, 0.1) is 17.3 Å². The fraction of sp³-hybridized carbons (Fsp3) is 0.583. The quantitative estimate of drug-likeness (QED) is 0.834. The maximum atomic E-state index is 5.91. The van der Waals surface area contributed by atoms with Gasteiger partial charge in [-0.25, -0.2) is 4.98 Å². The molecule has 4 heteroatoms. The summed E-state index contributed by atoms with van der Waals surface area (Å²) in [5, 5.41) is 0.594. The minimum atomic E-state index is 0.334. The summed E-state index contributed by atoms with van der Waals surface area (Å²) in [5.74, 6) is 1.15. The van der Waals surface area contributed by atoms with Crippen molar-refractivity contribution in [1.29, 1.82) is 0 Å². The molecule has 0 aromatic carbocycles. The predicted octanol–water partition coefficient (Wildman–Crippen LogP) is 3.01. The highest BCUT2D eigenvalue weighted by molar-refractivity contribution is 6.31. The van der Waals surface area contributed by atoms with Gasteiger partial charge in [-0.05, 0) is 18.4 Å². The van der Waals surface area contributed by atoms with Crippen molar-refractivity contribution in [2.75, 3.05) is 6.61 Å². The second-order valence-corrected chi connectivity index (χ2v) is 4.39. The molecule has 1 rings (SSSR count). The normalized spacial score (nSPS) is 12.5. The van der Waals surface area contributed by atoms with Crippen LogP contribution in [0.3, 0.4) is 0 Å². The summed E-state index contributed by atoms with van der Waals surface area (Å²) in [6.45, 7) is 5.36. The number of ether oxygens (including phenoxy) is 1. The largest absolute Gasteiger partial charge is 0.477 e. The number of rotatable bonds is 6. The molecule has 0 spiro atoms. The highest BCUT2D eigenvalue weighted by Crippen LogP contribution is 2.18. The second kappa shape index (κ2) is 6.71. The van der Waals surface area contributed by atoms with Crippen LogP contribution in [0, 0.1) is 5.92 Å². The number of hydrogen-bond acceptors (Lipinski definition) is 3. The second-order valence-electron chi connectivity index (χ2n) is 3.99. The molecule has 0 amide bonds. The topological polar surface area (TPSA) is 48.1 Å². The van der Waals surface area contributed by atoms with Gasteiger partial charge < -0.3 is 10.5 Å². The van der Waals surface area contributed by atoms with Crippen molar-refractivity contribution in [3.05, 3.63) is 22.8 Å². The van der Waals surface area contributed by atoms with Gasteiger partial charge in [0.15, 0.2) is 0 Å². The molecule has 16 heavy (non-hydrogen) atoms. The zero-order valence-electron chi connectivity index (χ0n) is 9.87. The van der Waals surface area contributed by atoms with Crippen LogP contribution in [-0.2, 0) is 6.54 Å². The van der Waals surface area contributed by atoms with Crippen LogP contribution in [0.1, 0.15) is 32.4 Å². The Balaban J connectivity index is 2.54. The van der Waals surface area contributed by atoms with E-state index in [1.165, 1.54) is 6.42 Å². The van der Waals surface area contributed by atoms with E-state index in [1.807, 2.05) is 0 Å². The molecule has 90 valence electrons. The van der Waals surface area contributed by atoms with Gasteiger partial charge in [0.1, 0.15) is 0 Å². The lowest BCUT2D eigenvalue weighted by atomic mass is 10.1. The first-order valence-corrected chi connectivity index (χ1v) is 6.03. The number of nitrogens with two attached hydrogens (primary N) is 1. The number of hydrogen-bond donors (Lipinski definition) is 1. The number of nitrogens with zero attached hydrogens (tertiary/aromatic N) is 1. The van der Waals surface area contributed by atoms with E-state index in [2.05, 4.69) is 18.8 Å². The summed E-state index contributed by atoms with van der Waals surface area (Å²) in [5.41, 5.74) is 6.20. The first kappa shape index (κ1) is 13.3. The molecule has 1 unspecified atom stereocenters. The van der Waals surface area contributed by atoms with Crippen molar-refractivity contribution in [2.45, 2.75) is 33.2 Å². The third-order valence-electron chi connectivity index (χ3n) is 2.38. The maximum absolute atomic E-state index is 5.91. The summed E-state index contributed by atoms with van der Waals surface area (Å²) < 4.78 is 5.59. The van der Waals surface area contributed by atoms with Gasteiger partial charge >= 0.3 is 0 Å². The first-order valence-electron chi connectivity index (χ1n) is 5.65. The Morgan fingerprint density at radius 3 is 2.88 bits per heavy atom. The van der Waals surface area contributed by atoms with Crippen LogP contribution in [0.15, 0.2) is 12.1 Å². The van der Waals surface area contributed by atoms with Crippen molar-refractivity contribution < 1.29 is 4.74 Å². The highest BCUT2D eigenvalue weighted by Gasteiger charge is 2.05. The molecule has 1 aromatic heterocycles. The Morgan fingerprint density at radius 1 is 1.50 bits per heavy atom. The number of aromatic nitrogens is 1. The number of halogens is 1. The Labute approximate surface area is 102 Å². The van der Waals surface area contributed by atoms with Gasteiger partial charge in [0, 0.05) is 12.6 Å². The number of pyridine rings is 1. The smallest absolute Gasteiger partial charge is 0.213 e. The standard InChI is InChI=1S/C12H19ClN2O/c1-3-4-9(2)8-16-12-6-5-10(13)11(7-14)15-12/h5-6,9H,3-4,7-8,14H2,1-2H3. The van der Waals surface area contributed by atoms with Gasteiger partial charge in [-0.2, -0.15) is 0 Å². The van der Waals surface area contributed by atoms with E-state index < -0.39 is 0 Å². The van der Waals surface area contributed by atoms with Gasteiger partial charge in [-0.15, -0.1) is 0 Å². The lowest BCUT2D eigenvalue weighted by molar-refractivity contribution is 0.242. The van der Waals surface area contributed by atoms with Crippen LogP contribution in [0.4, 0.5) is 0 Å². The fourth-order valence-corrected chi connectivity index (χ4v) is 1.67. The SMILES string of the molecule is CCCC(C)COc1ccc(Cl)c(CN)n1. The van der Waals surface area contributed by atoms with Crippen molar-refractivity contribution >= 4 is 11.6 Å². The molecule has 0 aliphatic heterocycles. The zero-order chi connectivity index (χ0) is 12.0. The first-order chi connectivity index (χ1) is 7.67. The Morgan fingerprint density at radius 2 is 2.25 bits per heavy atom. The highest BCUT2D eigenvalue weighted by atomic mass is 35.5. The van der Waals surface area contributed by atoms with Crippen LogP contribution in [0.5, 0.6) is 5.88 Å².